The summed E-state index contributed by atoms with van der Waals surface area (Å²) in [6.45, 7) is 8.86. The van der Waals surface area contributed by atoms with Crippen LogP contribution in [0.1, 0.15) is 220 Å². The largest absolute Gasteiger partial charge is 0.462 e. The lowest BCUT2D eigenvalue weighted by Crippen LogP contribution is -2.30. The number of carbonyl (C=O) groups excluding carboxylic acids is 3. The van der Waals surface area contributed by atoms with Crippen molar-refractivity contribution in [1.82, 2.24) is 0 Å². The second-order valence-electron chi connectivity index (χ2n) is 14.2. The van der Waals surface area contributed by atoms with Gasteiger partial charge < -0.3 is 14.2 Å². The van der Waals surface area contributed by atoms with Gasteiger partial charge >= 0.3 is 17.9 Å². The first-order chi connectivity index (χ1) is 22.9. The quantitative estimate of drug-likeness (QED) is 0.0376. The number of carbonyl (C=O) groups is 3. The molecule has 0 fully saturated rings. The fourth-order valence-corrected chi connectivity index (χ4v) is 5.89. The fourth-order valence-electron chi connectivity index (χ4n) is 5.89. The molecule has 0 saturated heterocycles. The minimum atomic E-state index is -0.757. The lowest BCUT2D eigenvalue weighted by atomic mass is 10.00. The maximum atomic E-state index is 12.6. The van der Waals surface area contributed by atoms with Gasteiger partial charge in [0.15, 0.2) is 6.10 Å². The molecule has 0 aliphatic carbocycles. The molecule has 278 valence electrons. The predicted molar refractivity (Wildman–Crippen MR) is 196 cm³/mol. The Morgan fingerprint density at radius 1 is 0.426 bits per heavy atom. The molecule has 0 N–H and O–H groups in total. The van der Waals surface area contributed by atoms with Gasteiger partial charge in [-0.3, -0.25) is 14.4 Å². The van der Waals surface area contributed by atoms with Crippen molar-refractivity contribution in [3.63, 3.8) is 0 Å². The molecule has 0 aliphatic heterocycles. The van der Waals surface area contributed by atoms with Crippen molar-refractivity contribution in [3.05, 3.63) is 0 Å². The first-order valence-electron chi connectivity index (χ1n) is 20.4. The van der Waals surface area contributed by atoms with Crippen LogP contribution in [0.4, 0.5) is 0 Å². The van der Waals surface area contributed by atoms with Crippen molar-refractivity contribution < 1.29 is 28.6 Å². The van der Waals surface area contributed by atoms with E-state index in [1.807, 2.05) is 0 Å². The van der Waals surface area contributed by atoms with Gasteiger partial charge in [0, 0.05) is 19.3 Å². The maximum absolute atomic E-state index is 12.6. The Hall–Kier alpha value is -1.59. The minimum absolute atomic E-state index is 0.0668. The van der Waals surface area contributed by atoms with Crippen molar-refractivity contribution >= 4 is 17.9 Å². The lowest BCUT2D eigenvalue weighted by molar-refractivity contribution is -0.167. The SMILES string of the molecule is CCCCCCCCCCCCCCCCC(=O)O[C@H](COC(=O)CCCCCCC)COC(=O)CCCCCCCCC(C)CC. The van der Waals surface area contributed by atoms with Gasteiger partial charge in [-0.2, -0.15) is 0 Å². The van der Waals surface area contributed by atoms with Gasteiger partial charge in [-0.05, 0) is 25.2 Å². The van der Waals surface area contributed by atoms with Crippen molar-refractivity contribution in [2.45, 2.75) is 226 Å². The maximum Gasteiger partial charge on any atom is 0.306 e. The van der Waals surface area contributed by atoms with Gasteiger partial charge in [0.2, 0.25) is 0 Å². The average Bonchev–Trinajstić information content (AvgIpc) is 3.06. The van der Waals surface area contributed by atoms with E-state index >= 15 is 0 Å². The Labute approximate surface area is 291 Å². The molecule has 6 nitrogen and oxygen atoms in total. The van der Waals surface area contributed by atoms with Crippen LogP contribution in [0.5, 0.6) is 0 Å². The van der Waals surface area contributed by atoms with Crippen molar-refractivity contribution in [2.75, 3.05) is 13.2 Å². The van der Waals surface area contributed by atoms with E-state index in [2.05, 4.69) is 27.7 Å². The van der Waals surface area contributed by atoms with E-state index in [-0.39, 0.29) is 31.1 Å². The standard InChI is InChI=1S/C41H78O6/c1-5-8-10-12-13-14-15-16-17-18-19-20-26-30-34-41(44)47-38(35-45-39(42)32-28-23-11-9-6-2)36-46-40(43)33-29-25-22-21-24-27-31-37(4)7-3/h37-38H,5-36H2,1-4H3/t37?,38-/m1/s1. The van der Waals surface area contributed by atoms with Crippen molar-refractivity contribution in [2.24, 2.45) is 5.92 Å². The average molecular weight is 667 g/mol. The highest BCUT2D eigenvalue weighted by Crippen LogP contribution is 2.16. The van der Waals surface area contributed by atoms with Crippen LogP contribution in [0.15, 0.2) is 0 Å². The van der Waals surface area contributed by atoms with Crippen LogP contribution in [0.25, 0.3) is 0 Å². The molecule has 1 unspecified atom stereocenters. The van der Waals surface area contributed by atoms with E-state index in [1.165, 1.54) is 109 Å². The summed E-state index contributed by atoms with van der Waals surface area (Å²) in [6, 6.07) is 0. The number of esters is 3. The molecule has 6 heteroatoms. The normalized spacial score (nSPS) is 12.5. The summed E-state index contributed by atoms with van der Waals surface area (Å²) in [6.07, 6.45) is 32.6. The predicted octanol–water partition coefficient (Wildman–Crippen LogP) is 12.4. The third kappa shape index (κ3) is 34.1. The molecule has 0 radical (unpaired) electrons. The van der Waals surface area contributed by atoms with E-state index in [1.54, 1.807) is 0 Å². The molecule has 0 amide bonds. The molecule has 0 heterocycles. The van der Waals surface area contributed by atoms with Crippen LogP contribution in [0.2, 0.25) is 0 Å². The highest BCUT2D eigenvalue weighted by molar-refractivity contribution is 5.71. The minimum Gasteiger partial charge on any atom is -0.462 e. The van der Waals surface area contributed by atoms with E-state index in [4.69, 9.17) is 14.2 Å². The topological polar surface area (TPSA) is 78.9 Å². The number of ether oxygens (including phenoxy) is 3. The number of hydrogen-bond acceptors (Lipinski definition) is 6. The van der Waals surface area contributed by atoms with Crippen LogP contribution in [-0.4, -0.2) is 37.2 Å². The van der Waals surface area contributed by atoms with Gasteiger partial charge in [0.25, 0.3) is 0 Å². The van der Waals surface area contributed by atoms with Crippen LogP contribution in [0.3, 0.4) is 0 Å². The zero-order chi connectivity index (χ0) is 34.6. The van der Waals surface area contributed by atoms with Gasteiger partial charge in [-0.15, -0.1) is 0 Å². The Kier molecular flexibility index (Phi) is 34.5. The van der Waals surface area contributed by atoms with Crippen LogP contribution >= 0.6 is 0 Å². The molecule has 0 rings (SSSR count). The second-order valence-corrected chi connectivity index (χ2v) is 14.2. The summed E-state index contributed by atoms with van der Waals surface area (Å²) < 4.78 is 16.5. The molecule has 0 saturated carbocycles. The molecule has 0 aliphatic rings. The van der Waals surface area contributed by atoms with Gasteiger partial charge in [-0.25, -0.2) is 0 Å². The zero-order valence-electron chi connectivity index (χ0n) is 31.7. The van der Waals surface area contributed by atoms with Gasteiger partial charge in [-0.1, -0.05) is 182 Å². The van der Waals surface area contributed by atoms with Gasteiger partial charge in [0.05, 0.1) is 0 Å². The Balaban J connectivity index is 4.25. The summed E-state index contributed by atoms with van der Waals surface area (Å²) >= 11 is 0. The van der Waals surface area contributed by atoms with Crippen molar-refractivity contribution in [3.8, 4) is 0 Å². The van der Waals surface area contributed by atoms with E-state index in [9.17, 15) is 14.4 Å². The Morgan fingerprint density at radius 3 is 1.11 bits per heavy atom. The lowest BCUT2D eigenvalue weighted by Gasteiger charge is -2.18. The second kappa shape index (κ2) is 35.7. The first-order valence-corrected chi connectivity index (χ1v) is 20.4. The Bertz CT molecular complexity index is 708. The van der Waals surface area contributed by atoms with Crippen LogP contribution < -0.4 is 0 Å². The zero-order valence-corrected chi connectivity index (χ0v) is 31.7. The van der Waals surface area contributed by atoms with Crippen molar-refractivity contribution in [1.29, 1.82) is 0 Å². The van der Waals surface area contributed by atoms with Gasteiger partial charge in [0.1, 0.15) is 13.2 Å². The molecule has 0 aromatic carbocycles. The van der Waals surface area contributed by atoms with E-state index < -0.39 is 6.10 Å². The van der Waals surface area contributed by atoms with E-state index in [0.717, 1.165) is 70.1 Å². The summed E-state index contributed by atoms with van der Waals surface area (Å²) in [7, 11) is 0. The highest BCUT2D eigenvalue weighted by atomic mass is 16.6. The van der Waals surface area contributed by atoms with Crippen LogP contribution in [0, 0.1) is 5.92 Å². The fraction of sp³-hybridized carbons (Fsp3) is 0.927. The highest BCUT2D eigenvalue weighted by Gasteiger charge is 2.19. The monoisotopic (exact) mass is 667 g/mol. The molecule has 0 spiro atoms. The molecule has 2 atom stereocenters. The number of rotatable bonds is 36. The molecule has 0 aromatic heterocycles. The number of unbranched alkanes of at least 4 members (excludes halogenated alkanes) is 22. The molecular formula is C41H78O6. The molecule has 47 heavy (non-hydrogen) atoms. The summed E-state index contributed by atoms with van der Waals surface area (Å²) in [5.74, 6) is -0.0630. The smallest absolute Gasteiger partial charge is 0.306 e. The summed E-state index contributed by atoms with van der Waals surface area (Å²) in [5, 5.41) is 0. The van der Waals surface area contributed by atoms with E-state index in [0.29, 0.717) is 19.3 Å². The van der Waals surface area contributed by atoms with Crippen LogP contribution in [-0.2, 0) is 28.6 Å². The summed E-state index contributed by atoms with van der Waals surface area (Å²) in [5.41, 5.74) is 0. The Morgan fingerprint density at radius 2 is 0.745 bits per heavy atom. The molecule has 0 bridgehead atoms. The molecular weight excluding hydrogens is 588 g/mol. The third-order valence-electron chi connectivity index (χ3n) is 9.40. The third-order valence-corrected chi connectivity index (χ3v) is 9.40. The number of hydrogen-bond donors (Lipinski definition) is 0. The first kappa shape index (κ1) is 45.4. The summed E-state index contributed by atoms with van der Waals surface area (Å²) in [4.78, 5) is 37.3. The molecule has 0 aromatic rings.